The average molecular weight is 465 g/mol. The first kappa shape index (κ1) is 21.5. The summed E-state index contributed by atoms with van der Waals surface area (Å²) in [4.78, 5) is 15.4. The Morgan fingerprint density at radius 2 is 1.94 bits per heavy atom. The van der Waals surface area contributed by atoms with Crippen molar-refractivity contribution >= 4 is 23.4 Å². The van der Waals surface area contributed by atoms with Gasteiger partial charge in [0, 0.05) is 60.4 Å². The Hall–Kier alpha value is -2.37. The summed E-state index contributed by atoms with van der Waals surface area (Å²) < 4.78 is 47.8. The lowest BCUT2D eigenvalue weighted by Crippen LogP contribution is -2.51. The van der Waals surface area contributed by atoms with Crippen LogP contribution in [0.15, 0.2) is 46.8 Å². The van der Waals surface area contributed by atoms with E-state index in [4.69, 9.17) is 10.5 Å². The summed E-state index contributed by atoms with van der Waals surface area (Å²) >= 11 is 0.989. The SMILES string of the molecule is CC1OCC2(CCN(c3ncc(Sc4ccncc4C(F)(F)F)c4nccn34)CC2)C1N. The van der Waals surface area contributed by atoms with E-state index in [9.17, 15) is 13.2 Å². The van der Waals surface area contributed by atoms with E-state index in [-0.39, 0.29) is 22.5 Å². The van der Waals surface area contributed by atoms with Gasteiger partial charge in [0.25, 0.3) is 0 Å². The molecule has 2 unspecified atom stereocenters. The number of pyridine rings is 1. The zero-order valence-corrected chi connectivity index (χ0v) is 18.2. The molecule has 2 aliphatic rings. The van der Waals surface area contributed by atoms with Crippen molar-refractivity contribution in [2.24, 2.45) is 11.1 Å². The molecule has 5 heterocycles. The molecule has 11 heteroatoms. The van der Waals surface area contributed by atoms with Gasteiger partial charge in [0.15, 0.2) is 5.65 Å². The molecule has 7 nitrogen and oxygen atoms in total. The maximum Gasteiger partial charge on any atom is 0.418 e. The topological polar surface area (TPSA) is 81.6 Å². The lowest BCUT2D eigenvalue weighted by Gasteiger charge is -2.41. The Balaban J connectivity index is 1.41. The van der Waals surface area contributed by atoms with Crippen molar-refractivity contribution in [2.75, 3.05) is 24.6 Å². The Morgan fingerprint density at radius 3 is 2.62 bits per heavy atom. The molecule has 3 aromatic heterocycles. The van der Waals surface area contributed by atoms with Crippen molar-refractivity contribution in [3.63, 3.8) is 0 Å². The van der Waals surface area contributed by atoms with Gasteiger partial charge in [-0.15, -0.1) is 0 Å². The van der Waals surface area contributed by atoms with Gasteiger partial charge < -0.3 is 15.4 Å². The van der Waals surface area contributed by atoms with Crippen molar-refractivity contribution in [3.8, 4) is 0 Å². The molecule has 1 spiro atoms. The minimum atomic E-state index is -4.48. The van der Waals surface area contributed by atoms with Crippen molar-refractivity contribution in [3.05, 3.63) is 42.6 Å². The van der Waals surface area contributed by atoms with E-state index in [0.29, 0.717) is 17.1 Å². The fourth-order valence-corrected chi connectivity index (χ4v) is 5.61. The second kappa shape index (κ2) is 7.89. The smallest absolute Gasteiger partial charge is 0.376 e. The first-order valence-electron chi connectivity index (χ1n) is 10.4. The molecule has 2 fully saturated rings. The third-order valence-corrected chi connectivity index (χ3v) is 7.65. The van der Waals surface area contributed by atoms with Gasteiger partial charge in [0.1, 0.15) is 0 Å². The summed E-state index contributed by atoms with van der Waals surface area (Å²) in [6.45, 7) is 4.25. The Kier molecular flexibility index (Phi) is 5.30. The van der Waals surface area contributed by atoms with E-state index in [0.717, 1.165) is 49.8 Å². The number of anilines is 1. The highest BCUT2D eigenvalue weighted by Gasteiger charge is 2.47. The first-order valence-corrected chi connectivity index (χ1v) is 11.2. The predicted octanol–water partition coefficient (Wildman–Crippen LogP) is 3.63. The quantitative estimate of drug-likeness (QED) is 0.634. The van der Waals surface area contributed by atoms with Gasteiger partial charge in [0.05, 0.1) is 23.2 Å². The second-order valence-corrected chi connectivity index (χ2v) is 9.49. The molecule has 170 valence electrons. The summed E-state index contributed by atoms with van der Waals surface area (Å²) in [5.41, 5.74) is 6.21. The van der Waals surface area contributed by atoms with E-state index >= 15 is 0 Å². The number of nitrogens with zero attached hydrogens (tertiary/aromatic N) is 5. The predicted molar refractivity (Wildman–Crippen MR) is 114 cm³/mol. The van der Waals surface area contributed by atoms with Crippen LogP contribution >= 0.6 is 11.8 Å². The molecule has 0 aromatic carbocycles. The van der Waals surface area contributed by atoms with Gasteiger partial charge in [-0.2, -0.15) is 13.2 Å². The summed E-state index contributed by atoms with van der Waals surface area (Å²) in [7, 11) is 0. The van der Waals surface area contributed by atoms with Gasteiger partial charge in [-0.25, -0.2) is 9.97 Å². The largest absolute Gasteiger partial charge is 0.418 e. The molecule has 0 amide bonds. The van der Waals surface area contributed by atoms with Crippen LogP contribution in [0.2, 0.25) is 0 Å². The number of aromatic nitrogens is 4. The molecular formula is C21H23F3N6OS. The standard InChI is InChI=1S/C21H23F3N6OS/c1-13-17(25)20(12-31-13)3-7-29(8-4-20)19-28-11-16(18-27-6-9-30(18)19)32-15-2-5-26-10-14(15)21(22,23)24/h2,5-6,9-11,13,17H,3-4,7-8,12,25H2,1H3. The van der Waals surface area contributed by atoms with Crippen LogP contribution in [-0.2, 0) is 10.9 Å². The van der Waals surface area contributed by atoms with Gasteiger partial charge in [0.2, 0.25) is 5.95 Å². The molecule has 0 bridgehead atoms. The number of halogens is 3. The number of hydrogen-bond donors (Lipinski definition) is 1. The van der Waals surface area contributed by atoms with Crippen LogP contribution in [-0.4, -0.2) is 51.2 Å². The zero-order chi connectivity index (χ0) is 22.5. The highest BCUT2D eigenvalue weighted by atomic mass is 32.2. The summed E-state index contributed by atoms with van der Waals surface area (Å²) in [5, 5.41) is 0. The molecule has 0 radical (unpaired) electrons. The number of alkyl halides is 3. The third-order valence-electron chi connectivity index (χ3n) is 6.57. The van der Waals surface area contributed by atoms with Gasteiger partial charge in [-0.3, -0.25) is 9.38 Å². The van der Waals surface area contributed by atoms with Crippen LogP contribution in [0.25, 0.3) is 5.65 Å². The van der Waals surface area contributed by atoms with Gasteiger partial charge in [-0.05, 0) is 25.8 Å². The molecule has 5 rings (SSSR count). The zero-order valence-electron chi connectivity index (χ0n) is 17.4. The Morgan fingerprint density at radius 1 is 1.16 bits per heavy atom. The molecule has 2 saturated heterocycles. The molecular weight excluding hydrogens is 441 g/mol. The van der Waals surface area contributed by atoms with Crippen LogP contribution in [0.3, 0.4) is 0 Å². The number of imidazole rings is 1. The van der Waals surface area contributed by atoms with Crippen molar-refractivity contribution in [1.82, 2.24) is 19.4 Å². The highest BCUT2D eigenvalue weighted by molar-refractivity contribution is 7.99. The summed E-state index contributed by atoms with van der Waals surface area (Å²) in [6, 6.07) is 1.38. The minimum Gasteiger partial charge on any atom is -0.376 e. The van der Waals surface area contributed by atoms with Crippen LogP contribution in [0.5, 0.6) is 0 Å². The van der Waals surface area contributed by atoms with Crippen molar-refractivity contribution in [2.45, 2.75) is 47.9 Å². The monoisotopic (exact) mass is 464 g/mol. The van der Waals surface area contributed by atoms with Crippen LogP contribution in [0.4, 0.5) is 19.1 Å². The number of hydrogen-bond acceptors (Lipinski definition) is 7. The molecule has 3 aromatic rings. The molecule has 2 atom stereocenters. The first-order chi connectivity index (χ1) is 15.3. The minimum absolute atomic E-state index is 0.00486. The van der Waals surface area contributed by atoms with Crippen LogP contribution in [0, 0.1) is 5.41 Å². The lowest BCUT2D eigenvalue weighted by atomic mass is 9.73. The average Bonchev–Trinajstić information content (AvgIpc) is 3.37. The van der Waals surface area contributed by atoms with Gasteiger partial charge in [-0.1, -0.05) is 11.8 Å². The Labute approximate surface area is 187 Å². The Bertz CT molecular complexity index is 1130. The van der Waals surface area contributed by atoms with E-state index in [2.05, 4.69) is 19.9 Å². The molecule has 0 aliphatic carbocycles. The van der Waals surface area contributed by atoms with Crippen molar-refractivity contribution in [1.29, 1.82) is 0 Å². The number of nitrogens with two attached hydrogens (primary N) is 1. The number of rotatable bonds is 3. The number of piperidine rings is 1. The van der Waals surface area contributed by atoms with E-state index in [1.165, 1.54) is 12.3 Å². The second-order valence-electron chi connectivity index (χ2n) is 8.41. The van der Waals surface area contributed by atoms with Crippen LogP contribution < -0.4 is 10.6 Å². The van der Waals surface area contributed by atoms with E-state index in [1.54, 1.807) is 18.6 Å². The normalized spacial score (nSPS) is 23.3. The fraction of sp³-hybridized carbons (Fsp3) is 0.476. The van der Waals surface area contributed by atoms with E-state index < -0.39 is 11.7 Å². The number of ether oxygens (including phenoxy) is 1. The fourth-order valence-electron chi connectivity index (χ4n) is 4.62. The van der Waals surface area contributed by atoms with E-state index in [1.807, 2.05) is 11.3 Å². The van der Waals surface area contributed by atoms with Crippen molar-refractivity contribution < 1.29 is 17.9 Å². The maximum atomic E-state index is 13.4. The molecule has 2 N–H and O–H groups in total. The molecule has 32 heavy (non-hydrogen) atoms. The molecule has 0 saturated carbocycles. The molecule has 2 aliphatic heterocycles. The third kappa shape index (κ3) is 3.61. The summed E-state index contributed by atoms with van der Waals surface area (Å²) in [6.07, 6.45) is 4.59. The number of fused-ring (bicyclic) bond motifs is 1. The maximum absolute atomic E-state index is 13.4. The summed E-state index contributed by atoms with van der Waals surface area (Å²) in [5.74, 6) is 0.725. The lowest BCUT2D eigenvalue weighted by molar-refractivity contribution is -0.140. The highest BCUT2D eigenvalue weighted by Crippen LogP contribution is 2.43. The van der Waals surface area contributed by atoms with Gasteiger partial charge >= 0.3 is 6.18 Å². The van der Waals surface area contributed by atoms with Crippen LogP contribution in [0.1, 0.15) is 25.3 Å².